The Kier molecular flexibility index (Phi) is 10.9. The van der Waals surface area contributed by atoms with E-state index in [2.05, 4.69) is 38.6 Å². The van der Waals surface area contributed by atoms with Crippen LogP contribution in [0.25, 0.3) is 0 Å². The summed E-state index contributed by atoms with van der Waals surface area (Å²) in [6, 6.07) is 0. The first kappa shape index (κ1) is 30.6. The number of hydrogen-bond donors (Lipinski definition) is 2. The zero-order valence-electron chi connectivity index (χ0n) is 24.9. The van der Waals surface area contributed by atoms with Gasteiger partial charge in [-0.15, -0.1) is 0 Å². The minimum Gasteiger partial charge on any atom is -0.396 e. The molecule has 0 radical (unpaired) electrons. The molecule has 0 spiro atoms. The lowest BCUT2D eigenvalue weighted by molar-refractivity contribution is -0.135. The lowest BCUT2D eigenvalue weighted by Gasteiger charge is -2.61. The largest absolute Gasteiger partial charge is 0.396 e. The molecule has 218 valence electrons. The van der Waals surface area contributed by atoms with Crippen LogP contribution in [0.5, 0.6) is 0 Å². The molecule has 0 heterocycles. The van der Waals surface area contributed by atoms with Crippen molar-refractivity contribution in [2.75, 3.05) is 18.1 Å². The van der Waals surface area contributed by atoms with Crippen molar-refractivity contribution < 1.29 is 15.0 Å². The predicted molar refractivity (Wildman–Crippen MR) is 161 cm³/mol. The van der Waals surface area contributed by atoms with Gasteiger partial charge in [0.25, 0.3) is 0 Å². The maximum Gasteiger partial charge on any atom is 0.155 e. The predicted octanol–water partition coefficient (Wildman–Crippen LogP) is 8.51. The Morgan fingerprint density at radius 1 is 0.842 bits per heavy atom. The highest BCUT2D eigenvalue weighted by Gasteiger charge is 2.64. The van der Waals surface area contributed by atoms with Gasteiger partial charge in [0.2, 0.25) is 0 Å². The zero-order chi connectivity index (χ0) is 27.2. The van der Waals surface area contributed by atoms with Gasteiger partial charge in [-0.2, -0.15) is 11.8 Å². The summed E-state index contributed by atoms with van der Waals surface area (Å²) in [6.07, 6.45) is 23.7. The van der Waals surface area contributed by atoms with Crippen LogP contribution in [-0.2, 0) is 4.79 Å². The van der Waals surface area contributed by atoms with Crippen LogP contribution in [0.3, 0.4) is 0 Å². The first-order valence-corrected chi connectivity index (χ1v) is 17.5. The van der Waals surface area contributed by atoms with Gasteiger partial charge in [-0.1, -0.05) is 64.4 Å². The smallest absolute Gasteiger partial charge is 0.155 e. The molecule has 4 aliphatic rings. The Balaban J connectivity index is 1.24. The highest BCUT2D eigenvalue weighted by atomic mass is 32.2. The van der Waals surface area contributed by atoms with Gasteiger partial charge in [0.05, 0.1) is 5.60 Å². The molecule has 0 amide bonds. The fourth-order valence-corrected chi connectivity index (χ4v) is 10.4. The molecule has 38 heavy (non-hydrogen) atoms. The molecule has 2 N–H and O–H groups in total. The van der Waals surface area contributed by atoms with Crippen molar-refractivity contribution in [1.29, 1.82) is 0 Å². The summed E-state index contributed by atoms with van der Waals surface area (Å²) in [7, 11) is 0. The second kappa shape index (κ2) is 13.6. The van der Waals surface area contributed by atoms with E-state index in [-0.39, 0.29) is 10.8 Å². The van der Waals surface area contributed by atoms with Crippen LogP contribution in [0.15, 0.2) is 11.6 Å². The molecule has 3 nitrogen and oxygen atoms in total. The van der Waals surface area contributed by atoms with E-state index in [1.807, 2.05) is 0 Å². The van der Waals surface area contributed by atoms with Crippen LogP contribution in [0.1, 0.15) is 136 Å². The van der Waals surface area contributed by atoms with Crippen molar-refractivity contribution >= 4 is 17.5 Å². The fraction of sp³-hybridized carbons (Fsp3) is 0.912. The third kappa shape index (κ3) is 6.59. The number of carbonyl (C=O) groups is 1. The first-order valence-electron chi connectivity index (χ1n) is 16.4. The van der Waals surface area contributed by atoms with E-state index < -0.39 is 5.60 Å². The van der Waals surface area contributed by atoms with Crippen LogP contribution in [0.4, 0.5) is 0 Å². The molecule has 0 aliphatic heterocycles. The van der Waals surface area contributed by atoms with Crippen molar-refractivity contribution in [1.82, 2.24) is 0 Å². The van der Waals surface area contributed by atoms with Crippen LogP contribution in [0.2, 0.25) is 0 Å². The van der Waals surface area contributed by atoms with E-state index in [1.165, 1.54) is 94.1 Å². The SMILES string of the molecule is C[C@]12CCC(=O)C=C1C[C@@H](CCCCCCCCCSCCCCCO)[C@@H]1[C@@H]2CC[C@@]2(C)[C@H]1CC[C@@]2(C)O. The minimum atomic E-state index is -0.523. The Morgan fingerprint density at radius 2 is 1.47 bits per heavy atom. The molecule has 0 aromatic rings. The van der Waals surface area contributed by atoms with E-state index in [9.17, 15) is 9.90 Å². The van der Waals surface area contributed by atoms with E-state index in [1.54, 1.807) is 0 Å². The Morgan fingerprint density at radius 3 is 2.18 bits per heavy atom. The van der Waals surface area contributed by atoms with Gasteiger partial charge in [-0.05, 0) is 123 Å². The van der Waals surface area contributed by atoms with Gasteiger partial charge in [0.1, 0.15) is 0 Å². The van der Waals surface area contributed by atoms with Crippen LogP contribution < -0.4 is 0 Å². The van der Waals surface area contributed by atoms with Crippen LogP contribution >= 0.6 is 11.8 Å². The number of allylic oxidation sites excluding steroid dienone is 1. The van der Waals surface area contributed by atoms with Crippen molar-refractivity contribution in [3.63, 3.8) is 0 Å². The minimum absolute atomic E-state index is 0.0617. The molecular formula is C34H58O3S. The van der Waals surface area contributed by atoms with Gasteiger partial charge >= 0.3 is 0 Å². The summed E-state index contributed by atoms with van der Waals surface area (Å²) in [5, 5.41) is 20.2. The van der Waals surface area contributed by atoms with Gasteiger partial charge in [-0.3, -0.25) is 4.79 Å². The number of carbonyl (C=O) groups excluding carboxylic acids is 1. The normalized spacial score (nSPS) is 38.4. The molecule has 7 atom stereocenters. The van der Waals surface area contributed by atoms with Crippen molar-refractivity contribution in [2.24, 2.45) is 34.5 Å². The topological polar surface area (TPSA) is 57.5 Å². The number of aliphatic hydroxyl groups excluding tert-OH is 1. The Labute approximate surface area is 238 Å². The Hall–Kier alpha value is -0.320. The van der Waals surface area contributed by atoms with E-state index in [0.717, 1.165) is 44.4 Å². The number of thioether (sulfide) groups is 1. The Bertz CT molecular complexity index is 806. The average molecular weight is 547 g/mol. The molecule has 0 aromatic carbocycles. The first-order chi connectivity index (χ1) is 18.2. The highest BCUT2D eigenvalue weighted by molar-refractivity contribution is 7.99. The second-order valence-electron chi connectivity index (χ2n) is 14.2. The van der Waals surface area contributed by atoms with Crippen LogP contribution in [0, 0.1) is 34.5 Å². The van der Waals surface area contributed by atoms with Gasteiger partial charge in [-0.25, -0.2) is 0 Å². The number of unbranched alkanes of at least 4 members (excludes halogenated alkanes) is 8. The quantitative estimate of drug-likeness (QED) is 0.202. The van der Waals surface area contributed by atoms with Gasteiger partial charge in [0, 0.05) is 13.0 Å². The average Bonchev–Trinajstić information content (AvgIpc) is 3.13. The molecule has 0 saturated heterocycles. The molecule has 4 aliphatic carbocycles. The molecule has 4 heteroatoms. The number of aliphatic hydroxyl groups is 2. The van der Waals surface area contributed by atoms with Crippen molar-refractivity contribution in [3.8, 4) is 0 Å². The fourth-order valence-electron chi connectivity index (χ4n) is 9.33. The molecule has 0 aromatic heterocycles. The zero-order valence-corrected chi connectivity index (χ0v) is 25.8. The standard InChI is InChI=1S/C34H58O3S/c1-32-18-15-28(36)25-27(32)24-26(31-29(32)16-19-33(2)30(31)17-20-34(33,3)37)14-10-7-5-4-6-8-12-22-38-23-13-9-11-21-35/h25-26,29-31,35,37H,4-24H2,1-3H3/t26-,29+,30+,31-,32+,33+,34-/m1/s1. The third-order valence-corrected chi connectivity index (χ3v) is 13.2. The highest BCUT2D eigenvalue weighted by Crippen LogP contribution is 2.69. The summed E-state index contributed by atoms with van der Waals surface area (Å²) in [6.45, 7) is 7.36. The second-order valence-corrected chi connectivity index (χ2v) is 15.5. The lowest BCUT2D eigenvalue weighted by atomic mass is 9.44. The molecule has 4 rings (SSSR count). The van der Waals surface area contributed by atoms with E-state index in [4.69, 9.17) is 5.11 Å². The van der Waals surface area contributed by atoms with Gasteiger partial charge in [0.15, 0.2) is 5.78 Å². The monoisotopic (exact) mass is 546 g/mol. The maximum atomic E-state index is 12.4. The van der Waals surface area contributed by atoms with E-state index in [0.29, 0.717) is 30.1 Å². The number of rotatable bonds is 15. The number of hydrogen-bond acceptors (Lipinski definition) is 4. The van der Waals surface area contributed by atoms with Gasteiger partial charge < -0.3 is 10.2 Å². The summed E-state index contributed by atoms with van der Waals surface area (Å²) in [5.41, 5.74) is 1.24. The third-order valence-electron chi connectivity index (χ3n) is 12.0. The number of fused-ring (bicyclic) bond motifs is 5. The number of ketones is 1. The molecule has 0 bridgehead atoms. The lowest BCUT2D eigenvalue weighted by Crippen LogP contribution is -2.56. The summed E-state index contributed by atoms with van der Waals surface area (Å²) < 4.78 is 0. The summed E-state index contributed by atoms with van der Waals surface area (Å²) in [5.74, 6) is 5.67. The van der Waals surface area contributed by atoms with Crippen molar-refractivity contribution in [2.45, 2.75) is 142 Å². The van der Waals surface area contributed by atoms with Crippen molar-refractivity contribution in [3.05, 3.63) is 11.6 Å². The molecule has 0 unspecified atom stereocenters. The van der Waals surface area contributed by atoms with E-state index >= 15 is 0 Å². The van der Waals surface area contributed by atoms with Crippen LogP contribution in [-0.4, -0.2) is 39.7 Å². The molecule has 3 saturated carbocycles. The maximum absolute atomic E-state index is 12.4. The summed E-state index contributed by atoms with van der Waals surface area (Å²) >= 11 is 2.09. The molecular weight excluding hydrogens is 488 g/mol. The molecule has 3 fully saturated rings. The summed E-state index contributed by atoms with van der Waals surface area (Å²) in [4.78, 5) is 12.4.